The van der Waals surface area contributed by atoms with Gasteiger partial charge in [-0.15, -0.1) is 0 Å². The Labute approximate surface area is 147 Å². The van der Waals surface area contributed by atoms with E-state index in [1.807, 2.05) is 0 Å². The summed E-state index contributed by atoms with van der Waals surface area (Å²) in [4.78, 5) is 0. The predicted octanol–water partition coefficient (Wildman–Crippen LogP) is 0.343. The first-order valence-electron chi connectivity index (χ1n) is 6.60. The van der Waals surface area contributed by atoms with Crippen LogP contribution in [0.4, 0.5) is 5.69 Å². The van der Waals surface area contributed by atoms with Crippen molar-refractivity contribution >= 4 is 34.5 Å². The van der Waals surface area contributed by atoms with Gasteiger partial charge in [0.05, 0.1) is 3.57 Å². The molecule has 0 aromatic heterocycles. The highest BCUT2D eigenvalue weighted by atomic mass is 127. The molecule has 0 radical (unpaired) electrons. The molecule has 0 unspecified atom stereocenters. The molecule has 2 aliphatic heterocycles. The Kier molecular flexibility index (Phi) is 4.21. The Hall–Kier alpha value is -1.08. The molecule has 2 heterocycles. The Morgan fingerprint density at radius 3 is 2.62 bits per heavy atom. The van der Waals surface area contributed by atoms with Crippen molar-refractivity contribution in [2.24, 2.45) is 0 Å². The molecule has 0 aliphatic carbocycles. The van der Waals surface area contributed by atoms with Crippen LogP contribution in [0.5, 0.6) is 11.5 Å². The number of fused-ring (bicyclic) bond motifs is 2. The van der Waals surface area contributed by atoms with E-state index < -0.39 is 0 Å². The van der Waals surface area contributed by atoms with Gasteiger partial charge in [-0.25, -0.2) is 0 Å². The van der Waals surface area contributed by atoms with Crippen molar-refractivity contribution in [1.82, 2.24) is 0 Å². The molecule has 108 valence electrons. The maximum absolute atomic E-state index is 5.47. The molecule has 2 aromatic carbocycles. The zero-order valence-electron chi connectivity index (χ0n) is 11.2. The van der Waals surface area contributed by atoms with Crippen molar-refractivity contribution in [3.8, 4) is 11.5 Å². The minimum Gasteiger partial charge on any atom is -1.00 e. The smallest absolute Gasteiger partial charge is 0.231 e. The summed E-state index contributed by atoms with van der Waals surface area (Å²) in [6.45, 7) is 1.32. The van der Waals surface area contributed by atoms with E-state index >= 15 is 0 Å². The van der Waals surface area contributed by atoms with Crippen LogP contribution in [-0.4, -0.2) is 24.1 Å². The fraction of sp³-hybridized carbons (Fsp3) is 0.188. The zero-order chi connectivity index (χ0) is 13.5. The summed E-state index contributed by atoms with van der Waals surface area (Å²) in [5.41, 5.74) is 3.81. The lowest BCUT2D eigenvalue weighted by atomic mass is 10.0. The number of hydrogen-bond acceptors (Lipinski definition) is 2. The molecule has 0 saturated carbocycles. The second kappa shape index (κ2) is 5.96. The van der Waals surface area contributed by atoms with Gasteiger partial charge in [-0.05, 0) is 46.4 Å². The SMILES string of the molecule is Ic1ccccc1[N+]1=Cc2cc3c(cc2CC1)OCO3.[Br-]. The van der Waals surface area contributed by atoms with Crippen molar-refractivity contribution < 1.29 is 31.0 Å². The van der Waals surface area contributed by atoms with E-state index in [1.165, 1.54) is 20.4 Å². The molecule has 0 amide bonds. The van der Waals surface area contributed by atoms with Crippen LogP contribution in [-0.2, 0) is 6.42 Å². The average Bonchev–Trinajstić information content (AvgIpc) is 2.92. The summed E-state index contributed by atoms with van der Waals surface area (Å²) >= 11 is 2.39. The lowest BCUT2D eigenvalue weighted by molar-refractivity contribution is -0.437. The summed E-state index contributed by atoms with van der Waals surface area (Å²) in [6, 6.07) is 12.7. The summed E-state index contributed by atoms with van der Waals surface area (Å²) in [7, 11) is 0. The van der Waals surface area contributed by atoms with Gasteiger partial charge in [0.25, 0.3) is 0 Å². The lowest BCUT2D eigenvalue weighted by Crippen LogP contribution is -3.00. The number of halogens is 2. The first kappa shape index (κ1) is 14.8. The van der Waals surface area contributed by atoms with Crippen LogP contribution in [0.25, 0.3) is 0 Å². The second-order valence-corrected chi connectivity index (χ2v) is 6.09. The van der Waals surface area contributed by atoms with E-state index in [2.05, 4.69) is 69.8 Å². The van der Waals surface area contributed by atoms with Gasteiger partial charge in [-0.1, -0.05) is 12.1 Å². The third-order valence-electron chi connectivity index (χ3n) is 3.71. The number of rotatable bonds is 1. The van der Waals surface area contributed by atoms with E-state index in [9.17, 15) is 0 Å². The fourth-order valence-electron chi connectivity index (χ4n) is 2.68. The van der Waals surface area contributed by atoms with Crippen molar-refractivity contribution in [1.29, 1.82) is 0 Å². The molecule has 5 heteroatoms. The van der Waals surface area contributed by atoms with E-state index in [4.69, 9.17) is 9.47 Å². The van der Waals surface area contributed by atoms with Gasteiger partial charge in [0.2, 0.25) is 12.5 Å². The number of ether oxygens (including phenoxy) is 2. The molecule has 2 aromatic rings. The van der Waals surface area contributed by atoms with Crippen molar-refractivity contribution in [3.63, 3.8) is 0 Å². The molecule has 3 nitrogen and oxygen atoms in total. The van der Waals surface area contributed by atoms with Crippen LogP contribution < -0.4 is 26.5 Å². The maximum Gasteiger partial charge on any atom is 0.231 e. The Balaban J connectivity index is 0.00000132. The molecule has 0 atom stereocenters. The molecule has 0 saturated heterocycles. The number of para-hydroxylation sites is 1. The standard InChI is InChI=1S/C16H13INO2.BrH/c17-13-3-1-2-4-14(13)18-6-5-11-7-15-16(20-10-19-15)8-12(11)9-18;/h1-4,7-9H,5-6,10H2;1H/q+1;/p-1. The molecule has 0 bridgehead atoms. The summed E-state index contributed by atoms with van der Waals surface area (Å²) in [5.74, 6) is 1.73. The summed E-state index contributed by atoms with van der Waals surface area (Å²) in [5, 5.41) is 0. The van der Waals surface area contributed by atoms with Crippen molar-refractivity contribution in [2.75, 3.05) is 13.3 Å². The maximum atomic E-state index is 5.47. The van der Waals surface area contributed by atoms with Crippen molar-refractivity contribution in [3.05, 3.63) is 51.1 Å². The van der Waals surface area contributed by atoms with E-state index in [0.717, 1.165) is 24.5 Å². The first-order valence-corrected chi connectivity index (χ1v) is 7.68. The molecule has 21 heavy (non-hydrogen) atoms. The van der Waals surface area contributed by atoms with Gasteiger partial charge in [0.15, 0.2) is 24.3 Å². The van der Waals surface area contributed by atoms with Crippen LogP contribution in [0.2, 0.25) is 0 Å². The van der Waals surface area contributed by atoms with Crippen LogP contribution in [0.3, 0.4) is 0 Å². The first-order chi connectivity index (χ1) is 9.81. The number of benzene rings is 2. The van der Waals surface area contributed by atoms with Gasteiger partial charge in [-0.3, -0.25) is 0 Å². The van der Waals surface area contributed by atoms with Gasteiger partial charge >= 0.3 is 0 Å². The highest BCUT2D eigenvalue weighted by Gasteiger charge is 2.24. The minimum absolute atomic E-state index is 0. The van der Waals surface area contributed by atoms with Gasteiger partial charge in [0.1, 0.15) is 0 Å². The largest absolute Gasteiger partial charge is 1.00 e. The van der Waals surface area contributed by atoms with Gasteiger partial charge < -0.3 is 26.5 Å². The highest BCUT2D eigenvalue weighted by Crippen LogP contribution is 2.35. The zero-order valence-corrected chi connectivity index (χ0v) is 14.9. The third-order valence-corrected chi connectivity index (χ3v) is 4.63. The molecule has 4 rings (SSSR count). The normalized spacial score (nSPS) is 15.0. The van der Waals surface area contributed by atoms with Gasteiger partial charge in [-0.2, -0.15) is 4.58 Å². The summed E-state index contributed by atoms with van der Waals surface area (Å²) < 4.78 is 14.5. The average molecular weight is 458 g/mol. The molecule has 2 aliphatic rings. The molecule has 0 N–H and O–H groups in total. The van der Waals surface area contributed by atoms with Crippen LogP contribution >= 0.6 is 22.6 Å². The van der Waals surface area contributed by atoms with Crippen LogP contribution in [0.1, 0.15) is 11.1 Å². The highest BCUT2D eigenvalue weighted by molar-refractivity contribution is 14.1. The Bertz CT molecular complexity index is 730. The van der Waals surface area contributed by atoms with Crippen molar-refractivity contribution in [2.45, 2.75) is 6.42 Å². The molecule has 0 spiro atoms. The molecular formula is C16H13BrINO2. The Morgan fingerprint density at radius 2 is 1.81 bits per heavy atom. The minimum atomic E-state index is 0. The number of nitrogens with zero attached hydrogens (tertiary/aromatic N) is 1. The van der Waals surface area contributed by atoms with E-state index in [0.29, 0.717) is 6.79 Å². The molecule has 0 fully saturated rings. The Morgan fingerprint density at radius 1 is 1.05 bits per heavy atom. The monoisotopic (exact) mass is 457 g/mol. The van der Waals surface area contributed by atoms with E-state index in [1.54, 1.807) is 0 Å². The third kappa shape index (κ3) is 2.68. The molecular weight excluding hydrogens is 445 g/mol. The van der Waals surface area contributed by atoms with E-state index in [-0.39, 0.29) is 17.0 Å². The van der Waals surface area contributed by atoms with Crippen LogP contribution in [0, 0.1) is 3.57 Å². The second-order valence-electron chi connectivity index (χ2n) is 4.93. The van der Waals surface area contributed by atoms with Gasteiger partial charge in [0, 0.05) is 18.1 Å². The lowest BCUT2D eigenvalue weighted by Gasteiger charge is -2.13. The summed E-state index contributed by atoms with van der Waals surface area (Å²) in [6.07, 6.45) is 3.23. The van der Waals surface area contributed by atoms with Crippen LogP contribution in [0.15, 0.2) is 36.4 Å². The number of hydrogen-bond donors (Lipinski definition) is 0. The quantitative estimate of drug-likeness (QED) is 0.455. The fourth-order valence-corrected chi connectivity index (χ4v) is 3.38. The predicted molar refractivity (Wildman–Crippen MR) is 85.4 cm³/mol. The topological polar surface area (TPSA) is 21.5 Å².